The number of nitrogens with zero attached hydrogens (tertiary/aromatic N) is 2. The maximum Gasteiger partial charge on any atom is 0.246 e. The molecule has 27 heteroatoms. The van der Waals surface area contributed by atoms with Crippen LogP contribution in [0.5, 0.6) is 5.75 Å². The lowest BCUT2D eigenvalue weighted by Crippen LogP contribution is -2.61. The van der Waals surface area contributed by atoms with Crippen molar-refractivity contribution in [3.05, 3.63) is 65.7 Å². The second kappa shape index (κ2) is 27.9. The van der Waals surface area contributed by atoms with E-state index in [-0.39, 0.29) is 68.4 Å². The summed E-state index contributed by atoms with van der Waals surface area (Å²) in [5, 5.41) is 25.3. The second-order valence-corrected chi connectivity index (χ2v) is 19.4. The van der Waals surface area contributed by atoms with Gasteiger partial charge in [0.1, 0.15) is 48.0 Å². The van der Waals surface area contributed by atoms with Crippen LogP contribution in [0.4, 0.5) is 0 Å². The lowest BCUT2D eigenvalue weighted by Gasteiger charge is -2.30. The molecule has 0 bridgehead atoms. The van der Waals surface area contributed by atoms with Crippen LogP contribution in [0.3, 0.4) is 0 Å². The number of guanidine groups is 1. The van der Waals surface area contributed by atoms with Gasteiger partial charge in [0.05, 0.1) is 12.5 Å². The van der Waals surface area contributed by atoms with E-state index >= 15 is 0 Å². The van der Waals surface area contributed by atoms with E-state index in [9.17, 15) is 53.1 Å². The predicted octanol–water partition coefficient (Wildman–Crippen LogP) is -4.52. The number of rotatable bonds is 17. The number of amides is 10. The molecule has 0 saturated carbocycles. The van der Waals surface area contributed by atoms with Crippen LogP contribution in [0.1, 0.15) is 56.1 Å². The average Bonchev–Trinajstić information content (AvgIpc) is 3.82. The molecule has 2 aliphatic rings. The first-order valence-electron chi connectivity index (χ1n) is 22.6. The molecule has 0 radical (unpaired) electrons. The second-order valence-electron chi connectivity index (χ2n) is 16.8. The Balaban J connectivity index is 1.70. The molecule has 0 spiro atoms. The van der Waals surface area contributed by atoms with Crippen LogP contribution < -0.4 is 66.3 Å². The van der Waals surface area contributed by atoms with Gasteiger partial charge in [-0.3, -0.25) is 52.9 Å². The fourth-order valence-corrected chi connectivity index (χ4v) is 9.80. The van der Waals surface area contributed by atoms with Gasteiger partial charge in [-0.15, -0.1) is 0 Å². The normalized spacial score (nSPS) is 23.3. The first-order chi connectivity index (χ1) is 33.7. The molecule has 10 amide bonds. The topological polar surface area (TPSA) is 435 Å². The summed E-state index contributed by atoms with van der Waals surface area (Å²) in [6.45, 7) is 0.196. The first-order valence-corrected chi connectivity index (χ1v) is 25.1. The fraction of sp³-hybridized carbons (Fsp3) is 0.477. The van der Waals surface area contributed by atoms with E-state index in [0.717, 1.165) is 21.6 Å². The molecule has 2 aliphatic heterocycles. The number of primary amides is 3. The molecule has 4 rings (SSSR count). The highest BCUT2D eigenvalue weighted by Gasteiger charge is 2.40. The highest BCUT2D eigenvalue weighted by molar-refractivity contribution is 8.76. The van der Waals surface area contributed by atoms with Gasteiger partial charge in [-0.25, -0.2) is 0 Å². The van der Waals surface area contributed by atoms with Crippen LogP contribution in [-0.2, 0) is 60.8 Å². The molecule has 25 nitrogen and oxygen atoms in total. The summed E-state index contributed by atoms with van der Waals surface area (Å²) in [4.78, 5) is 140. The van der Waals surface area contributed by atoms with Gasteiger partial charge in [0.15, 0.2) is 5.96 Å². The Bertz CT molecular complexity index is 2270. The van der Waals surface area contributed by atoms with Gasteiger partial charge in [-0.2, -0.15) is 0 Å². The van der Waals surface area contributed by atoms with Gasteiger partial charge < -0.3 is 76.3 Å². The van der Waals surface area contributed by atoms with Crippen molar-refractivity contribution in [3.63, 3.8) is 0 Å². The number of benzene rings is 2. The van der Waals surface area contributed by atoms with Crippen LogP contribution in [0.15, 0.2) is 59.6 Å². The molecule has 2 saturated heterocycles. The third-order valence-electron chi connectivity index (χ3n) is 11.2. The Hall–Kier alpha value is -7.13. The van der Waals surface area contributed by atoms with E-state index in [2.05, 4.69) is 36.9 Å². The minimum Gasteiger partial charge on any atom is -0.508 e. The summed E-state index contributed by atoms with van der Waals surface area (Å²) in [6, 6.07) is 3.17. The van der Waals surface area contributed by atoms with Crippen molar-refractivity contribution < 1.29 is 53.1 Å². The van der Waals surface area contributed by atoms with Crippen LogP contribution in [0.2, 0.25) is 0 Å². The maximum absolute atomic E-state index is 14.5. The Kier molecular flexibility index (Phi) is 22.2. The molecule has 2 aromatic carbocycles. The van der Waals surface area contributed by atoms with Crippen molar-refractivity contribution in [2.24, 2.45) is 39.4 Å². The van der Waals surface area contributed by atoms with E-state index in [1.54, 1.807) is 30.3 Å². The zero-order valence-corrected chi connectivity index (χ0v) is 40.3. The summed E-state index contributed by atoms with van der Waals surface area (Å²) in [7, 11) is 2.04. The molecule has 8 atom stereocenters. The minimum atomic E-state index is -1.77. The molecule has 2 aromatic rings. The zero-order valence-electron chi connectivity index (χ0n) is 38.7. The Morgan fingerprint density at radius 2 is 1.28 bits per heavy atom. The summed E-state index contributed by atoms with van der Waals surface area (Å²) < 4.78 is 0. The SMILES string of the molecule is NC(=O)CC[C@@H]1NC(=O)[C@H](Cc2ccccc2)NC(=O)C(Cc2ccc(O)cc2)NC(=O)[C@@H](N)CSSC[C@@H](C(=O)N2CCC[C@H]2C(=O)N[C@@H](CCCN=C(N)N)C(N)=O)NC(=O)C(CC(N)=O)NC1=O. The van der Waals surface area contributed by atoms with Crippen molar-refractivity contribution in [3.8, 4) is 5.75 Å². The van der Waals surface area contributed by atoms with Crippen LogP contribution >= 0.6 is 21.6 Å². The number of nitrogens with one attached hydrogen (secondary N) is 6. The third kappa shape index (κ3) is 18.6. The summed E-state index contributed by atoms with van der Waals surface area (Å²) >= 11 is 0. The van der Waals surface area contributed by atoms with E-state index in [1.807, 2.05) is 0 Å². The van der Waals surface area contributed by atoms with Gasteiger partial charge in [0, 0.05) is 43.9 Å². The summed E-state index contributed by atoms with van der Waals surface area (Å²) in [5.74, 6) is -9.45. The number of phenols is 1. The lowest BCUT2D eigenvalue weighted by molar-refractivity contribution is -0.142. The van der Waals surface area contributed by atoms with Crippen LogP contribution in [0.25, 0.3) is 0 Å². The Morgan fingerprint density at radius 3 is 1.89 bits per heavy atom. The molecule has 2 fully saturated rings. The minimum absolute atomic E-state index is 0.0464. The van der Waals surface area contributed by atoms with Gasteiger partial charge in [-0.1, -0.05) is 64.1 Å². The highest BCUT2D eigenvalue weighted by Crippen LogP contribution is 2.26. The van der Waals surface area contributed by atoms with Crippen LogP contribution in [0, 0.1) is 0 Å². The van der Waals surface area contributed by atoms with Crippen molar-refractivity contribution in [1.82, 2.24) is 36.8 Å². The number of hydrogen-bond donors (Lipinski definition) is 13. The Labute approximate surface area is 416 Å². The number of aliphatic imine (C=N–C) groups is 1. The molecular weight excluding hydrogens is 965 g/mol. The Morgan fingerprint density at radius 1 is 0.718 bits per heavy atom. The van der Waals surface area contributed by atoms with Gasteiger partial charge >= 0.3 is 0 Å². The van der Waals surface area contributed by atoms with Crippen molar-refractivity contribution in [2.75, 3.05) is 24.6 Å². The molecular formula is C44H62N14O11S2. The van der Waals surface area contributed by atoms with Crippen molar-refractivity contribution in [2.45, 2.75) is 106 Å². The van der Waals surface area contributed by atoms with E-state index in [0.29, 0.717) is 17.5 Å². The molecule has 71 heavy (non-hydrogen) atoms. The maximum atomic E-state index is 14.5. The summed E-state index contributed by atoms with van der Waals surface area (Å²) in [6.07, 6.45) is -1.06. The molecule has 0 aliphatic carbocycles. The van der Waals surface area contributed by atoms with Crippen LogP contribution in [-0.4, -0.2) is 148 Å². The monoisotopic (exact) mass is 1030 g/mol. The van der Waals surface area contributed by atoms with Crippen molar-refractivity contribution in [1.29, 1.82) is 0 Å². The number of carbonyl (C=O) groups excluding carboxylic acids is 10. The number of aromatic hydroxyl groups is 1. The zero-order chi connectivity index (χ0) is 52.2. The number of hydrogen-bond acceptors (Lipinski definition) is 15. The molecule has 2 unspecified atom stereocenters. The van der Waals surface area contributed by atoms with Crippen molar-refractivity contribution >= 4 is 86.6 Å². The highest BCUT2D eigenvalue weighted by atomic mass is 33.1. The molecule has 2 heterocycles. The van der Waals surface area contributed by atoms with E-state index in [4.69, 9.17) is 34.4 Å². The fourth-order valence-electron chi connectivity index (χ4n) is 7.52. The van der Waals surface area contributed by atoms with Gasteiger partial charge in [0.25, 0.3) is 0 Å². The standard InChI is InChI=1S/C44H62N14O11S2/c45-26-21-70-71-22-32(43(69)58-17-5-9-33(58)42(68)52-27(36(48)62)8-4-16-51-44(49)50)57-41(67)31(20-35(47)61)56-38(64)28(14-15-34(46)60)53-39(65)30(18-23-6-2-1-3-7-23)55-40(66)29(54-37(26)63)19-24-10-12-25(59)13-11-24/h1-3,6-7,10-13,26-33,59H,4-5,8-9,14-22,45H2,(H2,46,60)(H2,47,61)(H2,48,62)(H,52,68)(H,53,65)(H,54,63)(H,55,66)(H,56,64)(H,57,67)(H4,49,50,51)/t26-,27-,28-,29?,30-,31?,32-,33-/m0/s1. The molecule has 19 N–H and O–H groups in total. The number of nitrogens with two attached hydrogens (primary N) is 6. The van der Waals surface area contributed by atoms with E-state index < -0.39 is 127 Å². The third-order valence-corrected chi connectivity index (χ3v) is 13.7. The smallest absolute Gasteiger partial charge is 0.246 e. The van der Waals surface area contributed by atoms with E-state index in [1.165, 1.54) is 29.2 Å². The van der Waals surface area contributed by atoms with Gasteiger partial charge in [-0.05, 0) is 55.4 Å². The largest absolute Gasteiger partial charge is 0.508 e. The number of phenolic OH excluding ortho intramolecular Hbond substituents is 1. The predicted molar refractivity (Wildman–Crippen MR) is 263 cm³/mol. The first kappa shape index (κ1) is 56.5. The summed E-state index contributed by atoms with van der Waals surface area (Å²) in [5.41, 5.74) is 34.7. The lowest BCUT2D eigenvalue weighted by atomic mass is 10.0. The van der Waals surface area contributed by atoms with Gasteiger partial charge in [0.2, 0.25) is 59.1 Å². The quantitative estimate of drug-likeness (QED) is 0.0307. The molecule has 386 valence electrons. The average molecular weight is 1030 g/mol. The number of likely N-dealkylation sites (tertiary alicyclic amines) is 1. The molecule has 0 aromatic heterocycles. The number of carbonyl (C=O) groups is 10.